The molecular formula is C21H29N3O8S. The fraction of sp³-hybridized carbons (Fsp3) is 0.286. The van der Waals surface area contributed by atoms with Gasteiger partial charge in [0.05, 0.1) is 0 Å². The van der Waals surface area contributed by atoms with Crippen molar-refractivity contribution in [2.45, 2.75) is 31.0 Å². The van der Waals surface area contributed by atoms with Crippen LogP contribution in [0.3, 0.4) is 0 Å². The van der Waals surface area contributed by atoms with Crippen LogP contribution in [0.15, 0.2) is 48.5 Å². The largest absolute Gasteiger partial charge is 0.508 e. The van der Waals surface area contributed by atoms with E-state index in [1.54, 1.807) is 24.3 Å². The Kier molecular flexibility index (Phi) is 13.9. The van der Waals surface area contributed by atoms with Gasteiger partial charge in [-0.15, -0.1) is 0 Å². The van der Waals surface area contributed by atoms with E-state index in [9.17, 15) is 14.4 Å². The van der Waals surface area contributed by atoms with Gasteiger partial charge in [0.15, 0.2) is 0 Å². The van der Waals surface area contributed by atoms with Crippen molar-refractivity contribution in [2.24, 2.45) is 17.2 Å². The molecule has 0 aliphatic heterocycles. The Morgan fingerprint density at radius 3 is 1.09 bits per heavy atom. The Labute approximate surface area is 195 Å². The molecule has 0 saturated carbocycles. The van der Waals surface area contributed by atoms with Gasteiger partial charge in [-0.05, 0) is 48.2 Å². The smallest absolute Gasteiger partial charge is 0.321 e. The predicted molar refractivity (Wildman–Crippen MR) is 124 cm³/mol. The minimum atomic E-state index is -1.02. The van der Waals surface area contributed by atoms with Crippen LogP contribution in [0.1, 0.15) is 11.1 Å². The number of hydrogen-bond acceptors (Lipinski definition) is 9. The molecule has 11 N–H and O–H groups in total. The van der Waals surface area contributed by atoms with Crippen molar-refractivity contribution in [2.75, 3.05) is 5.75 Å². The number of carboxylic acid groups (broad SMARTS) is 3. The first-order valence-corrected chi connectivity index (χ1v) is 10.1. The van der Waals surface area contributed by atoms with Crippen molar-refractivity contribution in [3.8, 4) is 11.5 Å². The van der Waals surface area contributed by atoms with Crippen LogP contribution < -0.4 is 17.2 Å². The van der Waals surface area contributed by atoms with Crippen molar-refractivity contribution in [3.63, 3.8) is 0 Å². The molecule has 12 heteroatoms. The van der Waals surface area contributed by atoms with E-state index in [1.165, 1.54) is 24.3 Å². The van der Waals surface area contributed by atoms with Crippen molar-refractivity contribution < 1.29 is 39.9 Å². The summed E-state index contributed by atoms with van der Waals surface area (Å²) in [7, 11) is 0. The number of carbonyl (C=O) groups is 3. The van der Waals surface area contributed by atoms with Gasteiger partial charge in [-0.2, -0.15) is 12.6 Å². The molecule has 3 unspecified atom stereocenters. The number of rotatable bonds is 8. The highest BCUT2D eigenvalue weighted by Crippen LogP contribution is 2.11. The van der Waals surface area contributed by atoms with Gasteiger partial charge >= 0.3 is 17.9 Å². The molecule has 0 fully saturated rings. The van der Waals surface area contributed by atoms with E-state index in [2.05, 4.69) is 12.6 Å². The van der Waals surface area contributed by atoms with Crippen LogP contribution in [-0.4, -0.2) is 67.3 Å². The van der Waals surface area contributed by atoms with Gasteiger partial charge in [-0.25, -0.2) is 0 Å². The molecule has 0 radical (unpaired) electrons. The molecule has 33 heavy (non-hydrogen) atoms. The topological polar surface area (TPSA) is 230 Å². The van der Waals surface area contributed by atoms with Crippen LogP contribution in [0.5, 0.6) is 11.5 Å². The van der Waals surface area contributed by atoms with Crippen molar-refractivity contribution in [3.05, 3.63) is 59.7 Å². The van der Waals surface area contributed by atoms with E-state index in [1.807, 2.05) is 0 Å². The minimum Gasteiger partial charge on any atom is -0.508 e. The first kappa shape index (κ1) is 29.7. The van der Waals surface area contributed by atoms with Gasteiger partial charge < -0.3 is 42.7 Å². The first-order valence-electron chi connectivity index (χ1n) is 9.49. The van der Waals surface area contributed by atoms with E-state index in [0.29, 0.717) is 0 Å². The number of aromatic hydroxyl groups is 2. The molecule has 2 aromatic carbocycles. The molecule has 11 nitrogen and oxygen atoms in total. The summed E-state index contributed by atoms with van der Waals surface area (Å²) in [5.74, 6) is -2.54. The predicted octanol–water partition coefficient (Wildman–Crippen LogP) is 0.0213. The molecule has 0 amide bonds. The van der Waals surface area contributed by atoms with E-state index in [-0.39, 0.29) is 30.1 Å². The van der Waals surface area contributed by atoms with Crippen LogP contribution in [0.4, 0.5) is 0 Å². The summed E-state index contributed by atoms with van der Waals surface area (Å²) in [6.07, 6.45) is 0.547. The van der Waals surface area contributed by atoms with Crippen molar-refractivity contribution in [1.29, 1.82) is 0 Å². The van der Waals surface area contributed by atoms with Gasteiger partial charge in [-0.3, -0.25) is 14.4 Å². The lowest BCUT2D eigenvalue weighted by molar-refractivity contribution is -0.139. The fourth-order valence-electron chi connectivity index (χ4n) is 2.02. The molecule has 2 aromatic rings. The highest BCUT2D eigenvalue weighted by Gasteiger charge is 2.12. The maximum atomic E-state index is 10.4. The summed E-state index contributed by atoms with van der Waals surface area (Å²) >= 11 is 3.65. The average molecular weight is 484 g/mol. The van der Waals surface area contributed by atoms with Crippen molar-refractivity contribution in [1.82, 2.24) is 0 Å². The quantitative estimate of drug-likeness (QED) is 0.227. The molecule has 2 rings (SSSR count). The monoisotopic (exact) mass is 483 g/mol. The van der Waals surface area contributed by atoms with Gasteiger partial charge in [0.25, 0.3) is 0 Å². The Balaban J connectivity index is 0.000000490. The summed E-state index contributed by atoms with van der Waals surface area (Å²) in [5, 5.41) is 43.0. The van der Waals surface area contributed by atoms with E-state index >= 15 is 0 Å². The fourth-order valence-corrected chi connectivity index (χ4v) is 2.18. The van der Waals surface area contributed by atoms with E-state index in [0.717, 1.165) is 11.1 Å². The van der Waals surface area contributed by atoms with Crippen LogP contribution in [-0.2, 0) is 27.2 Å². The lowest BCUT2D eigenvalue weighted by Gasteiger charge is -2.05. The number of aliphatic carboxylic acids is 3. The standard InChI is InChI=1S/2C9H11NO3.C3H7NO2S/c2*10-8(9(12)13)5-6-1-3-7(11)4-2-6;4-2(1-7)3(5)6/h2*1-4,8,11H,5,10H2,(H,12,13);2,7H,1,4H2,(H,5,6). The van der Waals surface area contributed by atoms with Crippen LogP contribution in [0.2, 0.25) is 0 Å². The molecule has 0 aliphatic rings. The second-order valence-corrected chi connectivity index (χ2v) is 7.12. The first-order chi connectivity index (χ1) is 15.4. The van der Waals surface area contributed by atoms with E-state index < -0.39 is 36.0 Å². The second kappa shape index (κ2) is 15.5. The Bertz CT molecular complexity index is 815. The molecule has 182 valence electrons. The molecule has 0 spiro atoms. The summed E-state index contributed by atoms with van der Waals surface area (Å²) in [5.41, 5.74) is 17.2. The molecule has 0 bridgehead atoms. The highest BCUT2D eigenvalue weighted by atomic mass is 32.1. The van der Waals surface area contributed by atoms with Gasteiger partial charge in [0.1, 0.15) is 29.6 Å². The maximum absolute atomic E-state index is 10.4. The van der Waals surface area contributed by atoms with Crippen LogP contribution in [0.25, 0.3) is 0 Å². The number of thiol groups is 1. The Morgan fingerprint density at radius 2 is 0.909 bits per heavy atom. The third-order valence-electron chi connectivity index (χ3n) is 3.93. The number of phenolic OH excluding ortho intramolecular Hbond substituents is 2. The van der Waals surface area contributed by atoms with Crippen LogP contribution >= 0.6 is 12.6 Å². The molecule has 0 aromatic heterocycles. The zero-order valence-electron chi connectivity index (χ0n) is 17.6. The third kappa shape index (κ3) is 13.6. The summed E-state index contributed by atoms with van der Waals surface area (Å²) in [6, 6.07) is 10.0. The number of hydrogen-bond donors (Lipinski definition) is 9. The van der Waals surface area contributed by atoms with Gasteiger partial charge in [-0.1, -0.05) is 24.3 Å². The molecule has 3 atom stereocenters. The van der Waals surface area contributed by atoms with Crippen LogP contribution in [0, 0.1) is 0 Å². The normalized spacial score (nSPS) is 12.6. The lowest BCUT2D eigenvalue weighted by Crippen LogP contribution is -2.32. The molecular weight excluding hydrogens is 454 g/mol. The zero-order chi connectivity index (χ0) is 25.6. The number of benzene rings is 2. The second-order valence-electron chi connectivity index (χ2n) is 6.76. The average Bonchev–Trinajstić information content (AvgIpc) is 2.77. The zero-order valence-corrected chi connectivity index (χ0v) is 18.5. The highest BCUT2D eigenvalue weighted by molar-refractivity contribution is 7.80. The summed E-state index contributed by atoms with van der Waals surface area (Å²) in [6.45, 7) is 0. The molecule has 0 heterocycles. The summed E-state index contributed by atoms with van der Waals surface area (Å²) < 4.78 is 0. The Hall–Kier alpha value is -3.32. The third-order valence-corrected chi connectivity index (χ3v) is 4.33. The van der Waals surface area contributed by atoms with Crippen molar-refractivity contribution >= 4 is 30.5 Å². The number of phenols is 2. The number of nitrogens with two attached hydrogens (primary N) is 3. The lowest BCUT2D eigenvalue weighted by atomic mass is 10.1. The van der Waals surface area contributed by atoms with E-state index in [4.69, 9.17) is 42.7 Å². The Morgan fingerprint density at radius 1 is 0.636 bits per heavy atom. The van der Waals surface area contributed by atoms with Gasteiger partial charge in [0, 0.05) is 5.75 Å². The molecule has 0 saturated heterocycles. The maximum Gasteiger partial charge on any atom is 0.321 e. The SMILES string of the molecule is NC(CS)C(=O)O.NC(Cc1ccc(O)cc1)C(=O)O.NC(Cc1ccc(O)cc1)C(=O)O. The summed E-state index contributed by atoms with van der Waals surface area (Å²) in [4.78, 5) is 30.5. The van der Waals surface area contributed by atoms with Gasteiger partial charge in [0.2, 0.25) is 0 Å². The molecule has 0 aliphatic carbocycles. The minimum absolute atomic E-state index is 0.160. The number of carboxylic acids is 3.